The summed E-state index contributed by atoms with van der Waals surface area (Å²) in [6, 6.07) is 0.491. The van der Waals surface area contributed by atoms with Crippen LogP contribution in [0.1, 0.15) is 27.2 Å². The minimum absolute atomic E-state index is 0.491. The van der Waals surface area contributed by atoms with Crippen LogP contribution in [0, 0.1) is 0 Å². The van der Waals surface area contributed by atoms with Gasteiger partial charge in [-0.1, -0.05) is 20.8 Å². The smallest absolute Gasteiger partial charge is 0.0701 e. The molecule has 0 radical (unpaired) electrons. The van der Waals surface area contributed by atoms with Crippen LogP contribution >= 0.6 is 0 Å². The Balaban J connectivity index is 2.99. The lowest BCUT2D eigenvalue weighted by molar-refractivity contribution is -0.0230. The third-order valence-electron chi connectivity index (χ3n) is 3.75. The van der Waals surface area contributed by atoms with Crippen molar-refractivity contribution in [2.24, 2.45) is 0 Å². The van der Waals surface area contributed by atoms with Crippen molar-refractivity contribution in [1.82, 2.24) is 5.32 Å². The maximum absolute atomic E-state index is 5.45. The number of hydrogen-bond donors (Lipinski definition) is 1. The van der Waals surface area contributed by atoms with E-state index in [0.717, 1.165) is 19.6 Å². The highest BCUT2D eigenvalue weighted by molar-refractivity contribution is 4.50. The van der Waals surface area contributed by atoms with Crippen molar-refractivity contribution in [3.05, 3.63) is 0 Å². The largest absolute Gasteiger partial charge is 0.379 e. The Morgan fingerprint density at radius 1 is 0.419 bits per heavy atom. The SMILES string of the molecule is CCCOCCOCCOCCOCCOCCOCCOCCOCCNC(C)C. The van der Waals surface area contributed by atoms with Crippen molar-refractivity contribution in [3.8, 4) is 0 Å². The molecule has 31 heavy (non-hydrogen) atoms. The summed E-state index contributed by atoms with van der Waals surface area (Å²) in [4.78, 5) is 0. The molecule has 0 aromatic rings. The molecule has 0 aliphatic rings. The lowest BCUT2D eigenvalue weighted by atomic mass is 10.4. The molecule has 0 fully saturated rings. The zero-order valence-corrected chi connectivity index (χ0v) is 20.1. The first-order valence-corrected chi connectivity index (χ1v) is 11.6. The molecule has 0 spiro atoms. The molecule has 0 aromatic carbocycles. The lowest BCUT2D eigenvalue weighted by Crippen LogP contribution is -2.27. The Morgan fingerprint density at radius 2 is 0.677 bits per heavy atom. The van der Waals surface area contributed by atoms with Gasteiger partial charge in [0.2, 0.25) is 0 Å². The van der Waals surface area contributed by atoms with E-state index in [2.05, 4.69) is 26.1 Å². The van der Waals surface area contributed by atoms with E-state index in [9.17, 15) is 0 Å². The van der Waals surface area contributed by atoms with Gasteiger partial charge in [0.25, 0.3) is 0 Å². The van der Waals surface area contributed by atoms with E-state index in [1.54, 1.807) is 0 Å². The second kappa shape index (κ2) is 27.7. The molecule has 0 amide bonds. The van der Waals surface area contributed by atoms with Gasteiger partial charge in [-0.05, 0) is 6.42 Å². The Hall–Kier alpha value is -0.360. The zero-order chi connectivity index (χ0) is 22.7. The summed E-state index contributed by atoms with van der Waals surface area (Å²) in [6.07, 6.45) is 1.03. The van der Waals surface area contributed by atoms with Gasteiger partial charge >= 0.3 is 0 Å². The zero-order valence-electron chi connectivity index (χ0n) is 20.1. The molecule has 9 heteroatoms. The summed E-state index contributed by atoms with van der Waals surface area (Å²) >= 11 is 0. The van der Waals surface area contributed by atoms with E-state index >= 15 is 0 Å². The molecule has 1 N–H and O–H groups in total. The molecule has 0 aliphatic heterocycles. The predicted molar refractivity (Wildman–Crippen MR) is 120 cm³/mol. The van der Waals surface area contributed by atoms with Crippen molar-refractivity contribution in [2.75, 3.05) is 112 Å². The Morgan fingerprint density at radius 3 is 0.935 bits per heavy atom. The second-order valence-corrected chi connectivity index (χ2v) is 7.01. The van der Waals surface area contributed by atoms with Crippen LogP contribution in [0.15, 0.2) is 0 Å². The second-order valence-electron chi connectivity index (χ2n) is 7.01. The molecule has 0 aliphatic carbocycles. The van der Waals surface area contributed by atoms with Gasteiger partial charge in [-0.25, -0.2) is 0 Å². The molecule has 9 nitrogen and oxygen atoms in total. The normalized spacial score (nSPS) is 11.6. The lowest BCUT2D eigenvalue weighted by Gasteiger charge is -2.09. The molecule has 0 saturated carbocycles. The van der Waals surface area contributed by atoms with Crippen molar-refractivity contribution < 1.29 is 37.9 Å². The average molecular weight is 454 g/mol. The quantitative estimate of drug-likeness (QED) is 0.186. The summed E-state index contributed by atoms with van der Waals surface area (Å²) in [5.41, 5.74) is 0. The Labute approximate surface area is 189 Å². The van der Waals surface area contributed by atoms with E-state index in [1.165, 1.54) is 0 Å². The number of ether oxygens (including phenoxy) is 8. The van der Waals surface area contributed by atoms with E-state index in [0.29, 0.717) is 105 Å². The molecular formula is C22H47NO8. The Kier molecular flexibility index (Phi) is 27.4. The van der Waals surface area contributed by atoms with Crippen LogP contribution in [0.3, 0.4) is 0 Å². The first-order chi connectivity index (χ1) is 15.3. The summed E-state index contributed by atoms with van der Waals surface area (Å²) in [5.74, 6) is 0. The number of rotatable bonds is 27. The molecule has 0 atom stereocenters. The first kappa shape index (κ1) is 30.6. The molecule has 0 rings (SSSR count). The fourth-order valence-electron chi connectivity index (χ4n) is 2.21. The van der Waals surface area contributed by atoms with Crippen LogP contribution in [-0.4, -0.2) is 118 Å². The summed E-state index contributed by atoms with van der Waals surface area (Å²) < 4.78 is 43.3. The van der Waals surface area contributed by atoms with Gasteiger partial charge in [0, 0.05) is 19.2 Å². The van der Waals surface area contributed by atoms with Crippen LogP contribution in [0.4, 0.5) is 0 Å². The third kappa shape index (κ3) is 29.6. The maximum Gasteiger partial charge on any atom is 0.0701 e. The standard InChI is InChI=1S/C22H47NO8/c1-4-6-24-8-10-26-12-14-28-16-18-30-20-21-31-19-17-29-15-13-27-11-9-25-7-5-23-22(2)3/h22-23H,4-21H2,1-3H3. The molecular weight excluding hydrogens is 406 g/mol. The molecule has 188 valence electrons. The Bertz CT molecular complexity index is 324. The van der Waals surface area contributed by atoms with Gasteiger partial charge < -0.3 is 43.2 Å². The van der Waals surface area contributed by atoms with Crippen LogP contribution in [0.25, 0.3) is 0 Å². The first-order valence-electron chi connectivity index (χ1n) is 11.6. The van der Waals surface area contributed by atoms with Crippen molar-refractivity contribution in [3.63, 3.8) is 0 Å². The van der Waals surface area contributed by atoms with Gasteiger partial charge in [-0.15, -0.1) is 0 Å². The predicted octanol–water partition coefficient (Wildman–Crippen LogP) is 1.53. The van der Waals surface area contributed by atoms with Gasteiger partial charge in [0.15, 0.2) is 0 Å². The molecule has 0 unspecified atom stereocenters. The minimum atomic E-state index is 0.491. The third-order valence-corrected chi connectivity index (χ3v) is 3.75. The topological polar surface area (TPSA) is 85.9 Å². The summed E-state index contributed by atoms with van der Waals surface area (Å²) in [5, 5.41) is 3.29. The van der Waals surface area contributed by atoms with Gasteiger partial charge in [-0.2, -0.15) is 0 Å². The average Bonchev–Trinajstić information content (AvgIpc) is 2.76. The molecule has 0 saturated heterocycles. The highest BCUT2D eigenvalue weighted by Crippen LogP contribution is 1.86. The van der Waals surface area contributed by atoms with E-state index in [1.807, 2.05) is 0 Å². The molecule has 0 bridgehead atoms. The molecule has 0 heterocycles. The maximum atomic E-state index is 5.45. The van der Waals surface area contributed by atoms with E-state index < -0.39 is 0 Å². The van der Waals surface area contributed by atoms with E-state index in [4.69, 9.17) is 37.9 Å². The highest BCUT2D eigenvalue weighted by atomic mass is 16.6. The summed E-state index contributed by atoms with van der Waals surface area (Å²) in [7, 11) is 0. The van der Waals surface area contributed by atoms with Gasteiger partial charge in [0.1, 0.15) is 0 Å². The monoisotopic (exact) mass is 453 g/mol. The van der Waals surface area contributed by atoms with Crippen molar-refractivity contribution >= 4 is 0 Å². The minimum Gasteiger partial charge on any atom is -0.379 e. The summed E-state index contributed by atoms with van der Waals surface area (Å²) in [6.45, 7) is 16.7. The van der Waals surface area contributed by atoms with Crippen LogP contribution in [0.5, 0.6) is 0 Å². The molecule has 0 aromatic heterocycles. The van der Waals surface area contributed by atoms with Crippen molar-refractivity contribution in [2.45, 2.75) is 33.2 Å². The van der Waals surface area contributed by atoms with Gasteiger partial charge in [-0.3, -0.25) is 0 Å². The fourth-order valence-corrected chi connectivity index (χ4v) is 2.21. The fraction of sp³-hybridized carbons (Fsp3) is 1.00. The van der Waals surface area contributed by atoms with E-state index in [-0.39, 0.29) is 0 Å². The number of nitrogens with one attached hydrogen (secondary N) is 1. The van der Waals surface area contributed by atoms with Crippen LogP contribution < -0.4 is 5.32 Å². The van der Waals surface area contributed by atoms with Crippen molar-refractivity contribution in [1.29, 1.82) is 0 Å². The number of hydrogen-bond acceptors (Lipinski definition) is 9. The van der Waals surface area contributed by atoms with Crippen LogP contribution in [0.2, 0.25) is 0 Å². The van der Waals surface area contributed by atoms with Gasteiger partial charge in [0.05, 0.1) is 99.1 Å². The van der Waals surface area contributed by atoms with Crippen LogP contribution in [-0.2, 0) is 37.9 Å². The highest BCUT2D eigenvalue weighted by Gasteiger charge is 1.95.